The first-order valence-electron chi connectivity index (χ1n) is 10.4. The molecule has 1 atom stereocenters. The van der Waals surface area contributed by atoms with E-state index in [1.165, 1.54) is 0 Å². The smallest absolute Gasteiger partial charge is 0.251 e. The Bertz CT molecular complexity index is 907. The second kappa shape index (κ2) is 11.4. The lowest BCUT2D eigenvalue weighted by molar-refractivity contribution is 0.0954. The maximum Gasteiger partial charge on any atom is 0.251 e. The summed E-state index contributed by atoms with van der Waals surface area (Å²) >= 11 is 6.28. The molecule has 2 aromatic rings. The number of aromatic nitrogens is 1. The monoisotopic (exact) mass is 444 g/mol. The van der Waals surface area contributed by atoms with Gasteiger partial charge in [-0.05, 0) is 43.7 Å². The zero-order valence-corrected chi connectivity index (χ0v) is 18.7. The van der Waals surface area contributed by atoms with Crippen molar-refractivity contribution in [3.63, 3.8) is 0 Å². The predicted octanol–water partition coefficient (Wildman–Crippen LogP) is 2.31. The van der Waals surface area contributed by atoms with Crippen molar-refractivity contribution in [3.05, 3.63) is 53.2 Å². The van der Waals surface area contributed by atoms with E-state index >= 15 is 0 Å². The number of aliphatic imine (C=N–C) groups is 1. The normalized spacial score (nSPS) is 16.2. The number of ether oxygens (including phenoxy) is 1. The molecule has 3 N–H and O–H groups in total. The molecular weight excluding hydrogens is 416 g/mol. The predicted molar refractivity (Wildman–Crippen MR) is 124 cm³/mol. The highest BCUT2D eigenvalue weighted by molar-refractivity contribution is 6.32. The van der Waals surface area contributed by atoms with Crippen molar-refractivity contribution in [3.8, 4) is 5.75 Å². The number of hydrogen-bond acceptors (Lipinski definition) is 5. The van der Waals surface area contributed by atoms with Gasteiger partial charge in [0.15, 0.2) is 5.96 Å². The van der Waals surface area contributed by atoms with Crippen molar-refractivity contribution in [2.45, 2.75) is 19.4 Å². The van der Waals surface area contributed by atoms with E-state index in [9.17, 15) is 4.79 Å². The molecule has 1 aliphatic rings. The van der Waals surface area contributed by atoms with Crippen LogP contribution in [0.1, 0.15) is 23.7 Å². The lowest BCUT2D eigenvalue weighted by Gasteiger charge is -2.20. The fourth-order valence-corrected chi connectivity index (χ4v) is 3.64. The zero-order valence-electron chi connectivity index (χ0n) is 17.9. The quantitative estimate of drug-likeness (QED) is 0.329. The summed E-state index contributed by atoms with van der Waals surface area (Å²) in [6.07, 6.45) is 2.72. The molecule has 0 aliphatic carbocycles. The number of amides is 1. The average molecular weight is 445 g/mol. The summed E-state index contributed by atoms with van der Waals surface area (Å²) < 4.78 is 5.16. The van der Waals surface area contributed by atoms with Crippen molar-refractivity contribution in [1.29, 1.82) is 0 Å². The number of methoxy groups -OCH3 is 1. The standard InChI is InChI=1S/C22H29ClN6O2/c1-3-24-22(27-12-11-26-21(30)16-6-4-7-18(14-16)31-2)28-17-9-13-29(15-17)20-19(23)8-5-10-25-20/h4-8,10,14,17H,3,9,11-13,15H2,1-2H3,(H,26,30)(H2,24,27,28). The molecular formula is C22H29ClN6O2. The summed E-state index contributed by atoms with van der Waals surface area (Å²) in [7, 11) is 1.58. The number of nitrogens with one attached hydrogen (secondary N) is 3. The van der Waals surface area contributed by atoms with Crippen LogP contribution in [0.15, 0.2) is 47.6 Å². The van der Waals surface area contributed by atoms with Gasteiger partial charge in [-0.3, -0.25) is 9.79 Å². The van der Waals surface area contributed by atoms with Crippen molar-refractivity contribution in [2.75, 3.05) is 44.7 Å². The van der Waals surface area contributed by atoms with Crippen molar-refractivity contribution < 1.29 is 9.53 Å². The molecule has 0 bridgehead atoms. The highest BCUT2D eigenvalue weighted by atomic mass is 35.5. The first-order chi connectivity index (χ1) is 15.1. The van der Waals surface area contributed by atoms with Crippen LogP contribution in [0.4, 0.5) is 5.82 Å². The second-order valence-electron chi connectivity index (χ2n) is 7.13. The number of guanidine groups is 1. The molecule has 1 aromatic carbocycles. The molecule has 1 fully saturated rings. The van der Waals surface area contributed by atoms with Crippen LogP contribution in [-0.2, 0) is 0 Å². The SMILES string of the molecule is CCNC(=NCCNC(=O)c1cccc(OC)c1)NC1CCN(c2ncccc2Cl)C1. The summed E-state index contributed by atoms with van der Waals surface area (Å²) in [6, 6.07) is 11.0. The molecule has 1 aliphatic heterocycles. The molecule has 1 amide bonds. The van der Waals surface area contributed by atoms with Gasteiger partial charge in [-0.25, -0.2) is 4.98 Å². The first-order valence-corrected chi connectivity index (χ1v) is 10.8. The molecule has 1 saturated heterocycles. The number of carbonyl (C=O) groups is 1. The molecule has 0 radical (unpaired) electrons. The van der Waals surface area contributed by atoms with Gasteiger partial charge in [-0.2, -0.15) is 0 Å². The van der Waals surface area contributed by atoms with E-state index in [0.29, 0.717) is 29.4 Å². The Morgan fingerprint density at radius 2 is 2.19 bits per heavy atom. The van der Waals surface area contributed by atoms with Gasteiger partial charge >= 0.3 is 0 Å². The third-order valence-electron chi connectivity index (χ3n) is 4.91. The van der Waals surface area contributed by atoms with Gasteiger partial charge in [0.2, 0.25) is 0 Å². The van der Waals surface area contributed by atoms with Gasteiger partial charge < -0.3 is 25.6 Å². The number of carbonyl (C=O) groups excluding carboxylic acids is 1. The van der Waals surface area contributed by atoms with Gasteiger partial charge in [-0.1, -0.05) is 17.7 Å². The number of pyridine rings is 1. The molecule has 2 heterocycles. The second-order valence-corrected chi connectivity index (χ2v) is 7.54. The molecule has 1 aromatic heterocycles. The maximum absolute atomic E-state index is 12.3. The van der Waals surface area contributed by atoms with Crippen LogP contribution >= 0.6 is 11.6 Å². The van der Waals surface area contributed by atoms with Gasteiger partial charge in [-0.15, -0.1) is 0 Å². The summed E-state index contributed by atoms with van der Waals surface area (Å²) in [5.74, 6) is 2.06. The van der Waals surface area contributed by atoms with Crippen LogP contribution in [0, 0.1) is 0 Å². The van der Waals surface area contributed by atoms with E-state index in [-0.39, 0.29) is 11.9 Å². The minimum Gasteiger partial charge on any atom is -0.497 e. The number of rotatable bonds is 8. The highest BCUT2D eigenvalue weighted by Gasteiger charge is 2.25. The molecule has 8 nitrogen and oxygen atoms in total. The van der Waals surface area contributed by atoms with Gasteiger partial charge in [0.25, 0.3) is 5.91 Å². The topological polar surface area (TPSA) is 90.9 Å². The van der Waals surface area contributed by atoms with Crippen molar-refractivity contribution in [2.24, 2.45) is 4.99 Å². The Hall–Kier alpha value is -3.00. The lowest BCUT2D eigenvalue weighted by atomic mass is 10.2. The van der Waals surface area contributed by atoms with Gasteiger partial charge in [0, 0.05) is 44.0 Å². The largest absolute Gasteiger partial charge is 0.497 e. The summed E-state index contributed by atoms with van der Waals surface area (Å²) in [5, 5.41) is 10.3. The van der Waals surface area contributed by atoms with E-state index < -0.39 is 0 Å². The van der Waals surface area contributed by atoms with Crippen molar-refractivity contribution >= 4 is 29.3 Å². The number of nitrogens with zero attached hydrogens (tertiary/aromatic N) is 3. The summed E-state index contributed by atoms with van der Waals surface area (Å²) in [4.78, 5) is 23.5. The Labute approximate surface area is 188 Å². The van der Waals surface area contributed by atoms with E-state index in [2.05, 4.69) is 30.8 Å². The molecule has 0 spiro atoms. The number of halogens is 1. The molecule has 9 heteroatoms. The Morgan fingerprint density at radius 1 is 1.32 bits per heavy atom. The Morgan fingerprint density at radius 3 is 2.97 bits per heavy atom. The zero-order chi connectivity index (χ0) is 22.1. The third kappa shape index (κ3) is 6.49. The Balaban J connectivity index is 1.49. The van der Waals surface area contributed by atoms with E-state index in [4.69, 9.17) is 16.3 Å². The summed E-state index contributed by atoms with van der Waals surface area (Å²) in [5.41, 5.74) is 0.563. The molecule has 1 unspecified atom stereocenters. The fraction of sp³-hybridized carbons (Fsp3) is 0.409. The van der Waals surface area contributed by atoms with Crippen LogP contribution in [0.3, 0.4) is 0 Å². The van der Waals surface area contributed by atoms with E-state index in [1.54, 1.807) is 37.6 Å². The Kier molecular flexibility index (Phi) is 8.35. The third-order valence-corrected chi connectivity index (χ3v) is 5.21. The number of benzene rings is 1. The van der Waals surface area contributed by atoms with Crippen LogP contribution in [0.25, 0.3) is 0 Å². The van der Waals surface area contributed by atoms with Crippen LogP contribution in [0.5, 0.6) is 5.75 Å². The van der Waals surface area contributed by atoms with Gasteiger partial charge in [0.05, 0.1) is 18.7 Å². The van der Waals surface area contributed by atoms with E-state index in [1.807, 2.05) is 19.1 Å². The van der Waals surface area contributed by atoms with E-state index in [0.717, 1.165) is 37.8 Å². The molecule has 0 saturated carbocycles. The van der Waals surface area contributed by atoms with Gasteiger partial charge in [0.1, 0.15) is 11.6 Å². The fourth-order valence-electron chi connectivity index (χ4n) is 3.40. The maximum atomic E-state index is 12.3. The lowest BCUT2D eigenvalue weighted by Crippen LogP contribution is -2.45. The molecule has 166 valence electrons. The van der Waals surface area contributed by atoms with Crippen molar-refractivity contribution in [1.82, 2.24) is 20.9 Å². The highest BCUT2D eigenvalue weighted by Crippen LogP contribution is 2.25. The minimum absolute atomic E-state index is 0.147. The number of hydrogen-bond donors (Lipinski definition) is 3. The minimum atomic E-state index is -0.147. The summed E-state index contributed by atoms with van der Waals surface area (Å²) in [6.45, 7) is 5.36. The molecule has 3 rings (SSSR count). The molecule has 31 heavy (non-hydrogen) atoms. The first kappa shape index (κ1) is 22.7. The van der Waals surface area contributed by atoms with Crippen LogP contribution in [0.2, 0.25) is 5.02 Å². The average Bonchev–Trinajstić information content (AvgIpc) is 3.25. The van der Waals surface area contributed by atoms with Crippen LogP contribution < -0.4 is 25.6 Å². The number of anilines is 1. The van der Waals surface area contributed by atoms with Crippen LogP contribution in [-0.4, -0.2) is 62.7 Å².